The molecule has 2 aromatic carbocycles. The van der Waals surface area contributed by atoms with Crippen LogP contribution in [0.5, 0.6) is 23.1 Å². The normalized spacial score (nSPS) is 14.6. The quantitative estimate of drug-likeness (QED) is 0.368. The summed E-state index contributed by atoms with van der Waals surface area (Å²) in [6, 6.07) is 8.80. The van der Waals surface area contributed by atoms with Crippen molar-refractivity contribution in [2.45, 2.75) is 12.3 Å². The van der Waals surface area contributed by atoms with E-state index in [9.17, 15) is 19.8 Å². The third-order valence-corrected chi connectivity index (χ3v) is 6.64. The number of hydrogen-bond acceptors (Lipinski definition) is 9. The molecule has 0 saturated carbocycles. The van der Waals surface area contributed by atoms with Crippen LogP contribution in [0.1, 0.15) is 23.6 Å². The maximum absolute atomic E-state index is 13.1. The van der Waals surface area contributed by atoms with Crippen LogP contribution in [0, 0.1) is 0 Å². The molecule has 1 atom stereocenters. The molecule has 0 aliphatic carbocycles. The summed E-state index contributed by atoms with van der Waals surface area (Å²) in [4.78, 5) is 30.7. The molecule has 1 aliphatic heterocycles. The number of imidazole rings is 1. The molecule has 1 aliphatic rings. The number of benzene rings is 2. The molecule has 2 N–H and O–H groups in total. The summed E-state index contributed by atoms with van der Waals surface area (Å²) in [6.45, 7) is 0. The van der Waals surface area contributed by atoms with Gasteiger partial charge in [0.25, 0.3) is 0 Å². The van der Waals surface area contributed by atoms with Crippen LogP contribution in [-0.4, -0.2) is 32.7 Å². The lowest BCUT2D eigenvalue weighted by Crippen LogP contribution is -2.17. The number of nitrogens with zero attached hydrogens (tertiary/aromatic N) is 2. The highest BCUT2D eigenvalue weighted by Crippen LogP contribution is 2.50. The van der Waals surface area contributed by atoms with E-state index in [0.717, 1.165) is 0 Å². The van der Waals surface area contributed by atoms with Gasteiger partial charge in [-0.25, -0.2) is 0 Å². The van der Waals surface area contributed by atoms with E-state index in [2.05, 4.69) is 4.98 Å². The van der Waals surface area contributed by atoms with Gasteiger partial charge in [-0.15, -0.1) is 11.3 Å². The molecule has 5 aromatic rings. The maximum atomic E-state index is 13.1. The van der Waals surface area contributed by atoms with Crippen molar-refractivity contribution >= 4 is 33.2 Å². The van der Waals surface area contributed by atoms with E-state index in [1.165, 1.54) is 42.7 Å². The third-order valence-electron chi connectivity index (χ3n) is 5.88. The van der Waals surface area contributed by atoms with Crippen LogP contribution < -0.4 is 10.2 Å². The van der Waals surface area contributed by atoms with Gasteiger partial charge in [0.15, 0.2) is 10.4 Å². The van der Waals surface area contributed by atoms with E-state index in [-0.39, 0.29) is 40.4 Å². The second-order valence-corrected chi connectivity index (χ2v) is 8.70. The fourth-order valence-electron chi connectivity index (χ4n) is 4.36. The predicted octanol–water partition coefficient (Wildman–Crippen LogP) is 4.38. The lowest BCUT2D eigenvalue weighted by Gasteiger charge is -2.26. The van der Waals surface area contributed by atoms with Gasteiger partial charge >= 0.3 is 5.97 Å². The number of rotatable bonds is 3. The van der Waals surface area contributed by atoms with Gasteiger partial charge in [-0.1, -0.05) is 0 Å². The molecule has 9 nitrogen and oxygen atoms in total. The van der Waals surface area contributed by atoms with Crippen LogP contribution in [-0.2, 0) is 9.53 Å². The standard InChI is InChI=1S/C24H16N2O7S/c1-31-18(30)8-13-19-17(33-23-21(13)26-6-7-34-24(26)25-23)10-15(29)20-14(28)9-16(32-22(19)20)11-2-4-12(27)5-3-11/h2-7,9-10,13,27,29H,8H2,1H3/t13-/m1/s1. The van der Waals surface area contributed by atoms with E-state index >= 15 is 0 Å². The minimum absolute atomic E-state index is 0.0192. The third kappa shape index (κ3) is 2.96. The number of aromatic hydroxyl groups is 2. The predicted molar refractivity (Wildman–Crippen MR) is 123 cm³/mol. The Morgan fingerprint density at radius 1 is 1.24 bits per heavy atom. The molecule has 0 amide bonds. The number of carbonyl (C=O) groups is 1. The Balaban J connectivity index is 1.67. The SMILES string of the molecule is COC(=O)C[C@@H]1c2c(cc(O)c3c(=O)cc(-c4ccc(O)cc4)oc23)Oc2nc3sccn3c21. The number of methoxy groups -OCH3 is 1. The molecular formula is C24H16N2O7S. The van der Waals surface area contributed by atoms with Crippen molar-refractivity contribution in [3.8, 4) is 34.5 Å². The Kier molecular flexibility index (Phi) is 4.39. The summed E-state index contributed by atoms with van der Waals surface area (Å²) < 4.78 is 19.0. The molecule has 170 valence electrons. The second-order valence-electron chi connectivity index (χ2n) is 7.83. The van der Waals surface area contributed by atoms with Gasteiger partial charge in [-0.3, -0.25) is 14.0 Å². The minimum atomic E-state index is -0.614. The summed E-state index contributed by atoms with van der Waals surface area (Å²) >= 11 is 1.41. The summed E-state index contributed by atoms with van der Waals surface area (Å²) in [5.74, 6) is -0.527. The topological polar surface area (TPSA) is 124 Å². The Hall–Kier alpha value is -4.31. The fraction of sp³-hybridized carbons (Fsp3) is 0.125. The number of thiazole rings is 1. The van der Waals surface area contributed by atoms with Gasteiger partial charge in [0.2, 0.25) is 5.88 Å². The molecule has 0 radical (unpaired) electrons. The Morgan fingerprint density at radius 2 is 2.03 bits per heavy atom. The average molecular weight is 476 g/mol. The molecule has 0 fully saturated rings. The van der Waals surface area contributed by atoms with Crippen LogP contribution in [0.15, 0.2) is 57.2 Å². The highest BCUT2D eigenvalue weighted by Gasteiger charge is 2.37. The van der Waals surface area contributed by atoms with Crippen molar-refractivity contribution in [2.75, 3.05) is 7.11 Å². The zero-order chi connectivity index (χ0) is 23.6. The number of fused-ring (bicyclic) bond motifs is 6. The van der Waals surface area contributed by atoms with Crippen molar-refractivity contribution in [3.05, 3.63) is 69.5 Å². The van der Waals surface area contributed by atoms with Gasteiger partial charge in [0.05, 0.1) is 19.2 Å². The van der Waals surface area contributed by atoms with Crippen LogP contribution in [0.2, 0.25) is 0 Å². The van der Waals surface area contributed by atoms with Gasteiger partial charge in [-0.05, 0) is 24.3 Å². The van der Waals surface area contributed by atoms with Crippen molar-refractivity contribution in [1.29, 1.82) is 0 Å². The number of aromatic nitrogens is 2. The monoisotopic (exact) mass is 476 g/mol. The molecule has 3 aromatic heterocycles. The molecular weight excluding hydrogens is 460 g/mol. The number of carbonyl (C=O) groups excluding carboxylic acids is 1. The summed E-state index contributed by atoms with van der Waals surface area (Å²) in [5, 5.41) is 22.1. The zero-order valence-corrected chi connectivity index (χ0v) is 18.5. The van der Waals surface area contributed by atoms with E-state index in [4.69, 9.17) is 13.9 Å². The van der Waals surface area contributed by atoms with Crippen LogP contribution in [0.3, 0.4) is 0 Å². The molecule has 6 rings (SSSR count). The largest absolute Gasteiger partial charge is 0.508 e. The Morgan fingerprint density at radius 3 is 2.79 bits per heavy atom. The molecule has 0 bridgehead atoms. The Bertz CT molecular complexity index is 1660. The molecule has 0 unspecified atom stereocenters. The number of hydrogen-bond donors (Lipinski definition) is 2. The molecule has 4 heterocycles. The lowest BCUT2D eigenvalue weighted by atomic mass is 9.88. The lowest BCUT2D eigenvalue weighted by molar-refractivity contribution is -0.140. The number of phenolic OH excluding ortho intramolecular Hbond substituents is 2. The summed E-state index contributed by atoms with van der Waals surface area (Å²) in [6.07, 6.45) is 1.77. The number of ether oxygens (including phenoxy) is 2. The minimum Gasteiger partial charge on any atom is -0.508 e. The van der Waals surface area contributed by atoms with Crippen molar-refractivity contribution in [2.24, 2.45) is 0 Å². The average Bonchev–Trinajstić information content (AvgIpc) is 3.39. The first-order valence-corrected chi connectivity index (χ1v) is 11.2. The van der Waals surface area contributed by atoms with Gasteiger partial charge in [0, 0.05) is 40.8 Å². The second kappa shape index (κ2) is 7.35. The molecule has 34 heavy (non-hydrogen) atoms. The van der Waals surface area contributed by atoms with E-state index < -0.39 is 17.3 Å². The van der Waals surface area contributed by atoms with Crippen molar-refractivity contribution < 1.29 is 28.9 Å². The van der Waals surface area contributed by atoms with Crippen LogP contribution >= 0.6 is 11.3 Å². The van der Waals surface area contributed by atoms with Crippen molar-refractivity contribution in [3.63, 3.8) is 0 Å². The highest BCUT2D eigenvalue weighted by molar-refractivity contribution is 7.15. The van der Waals surface area contributed by atoms with Crippen LogP contribution in [0.25, 0.3) is 27.3 Å². The van der Waals surface area contributed by atoms with Crippen molar-refractivity contribution in [1.82, 2.24) is 9.38 Å². The Labute approximate surface area is 195 Å². The van der Waals surface area contributed by atoms with Crippen LogP contribution in [0.4, 0.5) is 0 Å². The number of phenols is 2. The summed E-state index contributed by atoms with van der Waals surface area (Å²) in [7, 11) is 1.30. The molecule has 0 spiro atoms. The number of esters is 1. The van der Waals surface area contributed by atoms with E-state index in [1.54, 1.807) is 12.1 Å². The summed E-state index contributed by atoms with van der Waals surface area (Å²) in [5.41, 5.74) is 1.27. The maximum Gasteiger partial charge on any atom is 0.306 e. The zero-order valence-electron chi connectivity index (χ0n) is 17.6. The van der Waals surface area contributed by atoms with E-state index in [1.807, 2.05) is 16.0 Å². The fourth-order valence-corrected chi connectivity index (χ4v) is 5.07. The smallest absolute Gasteiger partial charge is 0.306 e. The highest BCUT2D eigenvalue weighted by atomic mass is 32.1. The molecule has 0 saturated heterocycles. The van der Waals surface area contributed by atoms with Gasteiger partial charge in [0.1, 0.15) is 34.0 Å². The van der Waals surface area contributed by atoms with Gasteiger partial charge in [-0.2, -0.15) is 4.98 Å². The molecule has 10 heteroatoms. The first-order chi connectivity index (χ1) is 16.4. The van der Waals surface area contributed by atoms with Gasteiger partial charge < -0.3 is 24.1 Å². The van der Waals surface area contributed by atoms with E-state index in [0.29, 0.717) is 27.7 Å². The first-order valence-electron chi connectivity index (χ1n) is 10.3. The first kappa shape index (κ1) is 20.3.